The maximum atomic E-state index is 11.2. The molecule has 0 saturated heterocycles. The average Bonchev–Trinajstić information content (AvgIpc) is 2.69. The normalized spacial score (nSPS) is 9.60. The number of halogens is 2. The van der Waals surface area contributed by atoms with Crippen LogP contribution in [0.3, 0.4) is 0 Å². The van der Waals surface area contributed by atoms with Crippen LogP contribution >= 0.6 is 0 Å². The first-order valence-electron chi connectivity index (χ1n) is 7.90. The zero-order valence-electron chi connectivity index (χ0n) is 14.9. The molecule has 154 valence electrons. The van der Waals surface area contributed by atoms with Crippen LogP contribution in [0.1, 0.15) is 0 Å². The molecule has 3 aromatic carbocycles. The molecule has 0 fully saturated rings. The number of hydrogen-bond donors (Lipinski definition) is 0. The summed E-state index contributed by atoms with van der Waals surface area (Å²) in [6.45, 7) is 0. The summed E-state index contributed by atoms with van der Waals surface area (Å²) in [5.41, 5.74) is -0.268. The number of nitrogens with zero attached hydrogens (tertiary/aromatic N) is 3. The van der Waals surface area contributed by atoms with E-state index in [1.54, 1.807) is 36.4 Å². The van der Waals surface area contributed by atoms with Crippen LogP contribution in [-0.4, -0.2) is 36.5 Å². The topological polar surface area (TPSA) is 129 Å². The molecule has 0 bridgehead atoms. The van der Waals surface area contributed by atoms with Crippen molar-refractivity contribution < 1.29 is 39.6 Å². The van der Waals surface area contributed by atoms with Crippen molar-refractivity contribution in [3.05, 3.63) is 103 Å². The fourth-order valence-corrected chi connectivity index (χ4v) is 12.0. The minimum atomic E-state index is -3.26. The van der Waals surface area contributed by atoms with Gasteiger partial charge in [0.25, 0.3) is 0 Å². The number of nitro benzene ring substituents is 3. The fraction of sp³-hybridized carbons (Fsp3) is 0. The van der Waals surface area contributed by atoms with Crippen molar-refractivity contribution >= 4 is 48.6 Å². The summed E-state index contributed by atoms with van der Waals surface area (Å²) in [6, 6.07) is 18.4. The largest absolute Gasteiger partial charge is 1.00 e. The Morgan fingerprint density at radius 2 is 0.800 bits per heavy atom. The Morgan fingerprint density at radius 1 is 0.533 bits per heavy atom. The standard InChI is InChI=1S/3C6H4NO2.Bi.2ClH/c3*8-7(9)6-4-2-1-3-5-6;;;/h3*1-2,4-5H;;2*1H/q;;;+2;;/p-2. The molecule has 9 nitrogen and oxygen atoms in total. The van der Waals surface area contributed by atoms with Gasteiger partial charge in [0.2, 0.25) is 0 Å². The van der Waals surface area contributed by atoms with Crippen LogP contribution in [-0.2, 0) is 0 Å². The van der Waals surface area contributed by atoms with Gasteiger partial charge in [0.05, 0.1) is 0 Å². The first-order valence-corrected chi connectivity index (χ1v) is 13.1. The van der Waals surface area contributed by atoms with Gasteiger partial charge in [-0.15, -0.1) is 0 Å². The zero-order chi connectivity index (χ0) is 20.3. The molecule has 0 heterocycles. The number of rotatable bonds is 6. The summed E-state index contributed by atoms with van der Waals surface area (Å²) in [4.78, 5) is 32.0. The minimum absolute atomic E-state index is 0. The van der Waals surface area contributed by atoms with Crippen molar-refractivity contribution in [1.82, 2.24) is 0 Å². The van der Waals surface area contributed by atoms with E-state index in [1.807, 2.05) is 0 Å². The molecule has 3 rings (SSSR count). The molecular weight excluding hydrogens is 634 g/mol. The summed E-state index contributed by atoms with van der Waals surface area (Å²) in [7, 11) is 0. The zero-order valence-corrected chi connectivity index (χ0v) is 19.9. The molecule has 0 atom stereocenters. The molecule has 30 heavy (non-hydrogen) atoms. The first-order chi connectivity index (χ1) is 13.4. The fourth-order valence-electron chi connectivity index (χ4n) is 2.68. The van der Waals surface area contributed by atoms with Crippen LogP contribution in [0, 0.1) is 30.3 Å². The van der Waals surface area contributed by atoms with E-state index in [0.717, 1.165) is 0 Å². The molecule has 0 N–H and O–H groups in total. The van der Waals surface area contributed by atoms with Crippen LogP contribution in [0.5, 0.6) is 0 Å². The van der Waals surface area contributed by atoms with Crippen LogP contribution in [0.2, 0.25) is 0 Å². The molecule has 0 aliphatic carbocycles. The van der Waals surface area contributed by atoms with Gasteiger partial charge in [-0.3, -0.25) is 0 Å². The molecule has 0 spiro atoms. The first kappa shape index (κ1) is 25.4. The number of benzene rings is 3. The van der Waals surface area contributed by atoms with Gasteiger partial charge in [0.1, 0.15) is 0 Å². The Hall–Kier alpha value is -2.68. The van der Waals surface area contributed by atoms with Gasteiger partial charge >= 0.3 is 167 Å². The second-order valence-corrected chi connectivity index (χ2v) is 14.3. The van der Waals surface area contributed by atoms with E-state index in [2.05, 4.69) is 0 Å². The van der Waals surface area contributed by atoms with Gasteiger partial charge in [0.15, 0.2) is 0 Å². The molecular formula is C18H12BiCl2N3O6. The van der Waals surface area contributed by atoms with Crippen molar-refractivity contribution in [2.45, 2.75) is 0 Å². The van der Waals surface area contributed by atoms with Gasteiger partial charge in [-0.05, 0) is 0 Å². The van der Waals surface area contributed by atoms with E-state index in [0.29, 0.717) is 9.81 Å². The summed E-state index contributed by atoms with van der Waals surface area (Å²) >= 11 is -3.26. The monoisotopic (exact) mass is 645 g/mol. The van der Waals surface area contributed by atoms with Crippen molar-refractivity contribution in [2.24, 2.45) is 0 Å². The van der Waals surface area contributed by atoms with E-state index >= 15 is 0 Å². The molecule has 0 aliphatic rings. The molecule has 12 heteroatoms. The van der Waals surface area contributed by atoms with Gasteiger partial charge in [-0.1, -0.05) is 0 Å². The maximum absolute atomic E-state index is 11.2. The molecule has 0 saturated carbocycles. The van der Waals surface area contributed by atoms with Crippen molar-refractivity contribution in [3.8, 4) is 0 Å². The summed E-state index contributed by atoms with van der Waals surface area (Å²) in [5, 5.41) is 33.6. The number of hydrogen-bond acceptors (Lipinski definition) is 6. The van der Waals surface area contributed by atoms with Crippen molar-refractivity contribution in [3.63, 3.8) is 0 Å². The van der Waals surface area contributed by atoms with Gasteiger partial charge < -0.3 is 24.8 Å². The van der Waals surface area contributed by atoms with E-state index in [4.69, 9.17) is 0 Å². The predicted molar refractivity (Wildman–Crippen MR) is 104 cm³/mol. The van der Waals surface area contributed by atoms with Gasteiger partial charge in [-0.2, -0.15) is 0 Å². The molecule has 0 unspecified atom stereocenters. The van der Waals surface area contributed by atoms with Gasteiger partial charge in [-0.25, -0.2) is 0 Å². The predicted octanol–water partition coefficient (Wildman–Crippen LogP) is -4.06. The Labute approximate surface area is 190 Å². The Kier molecular flexibility index (Phi) is 9.23. The van der Waals surface area contributed by atoms with Crippen molar-refractivity contribution in [1.29, 1.82) is 0 Å². The summed E-state index contributed by atoms with van der Waals surface area (Å²) in [5.74, 6) is 0. The Morgan fingerprint density at radius 3 is 1.03 bits per heavy atom. The third-order valence-corrected chi connectivity index (χ3v) is 13.2. The number of nitro groups is 3. The summed E-state index contributed by atoms with van der Waals surface area (Å²) < 4.78 is 2.10. The van der Waals surface area contributed by atoms with Gasteiger partial charge in [0, 0.05) is 0 Å². The van der Waals surface area contributed by atoms with Crippen LogP contribution in [0.4, 0.5) is 17.1 Å². The smallest absolute Gasteiger partial charge is 1.00 e. The number of non-ortho nitro benzene ring substituents is 3. The third-order valence-electron chi connectivity index (χ3n) is 3.90. The van der Waals surface area contributed by atoms with E-state index in [-0.39, 0.29) is 41.9 Å². The van der Waals surface area contributed by atoms with E-state index in [1.165, 1.54) is 36.4 Å². The maximum Gasteiger partial charge on any atom is -1.00 e. The molecule has 0 amide bonds. The molecule has 0 radical (unpaired) electrons. The third kappa shape index (κ3) is 5.69. The van der Waals surface area contributed by atoms with Crippen LogP contribution < -0.4 is 34.6 Å². The molecule has 0 aliphatic heterocycles. The Bertz CT molecular complexity index is 962. The summed E-state index contributed by atoms with van der Waals surface area (Å²) in [6.07, 6.45) is 0. The SMILES string of the molecule is O=[N+]([O-])c1ccc[c]([Bi+2]([c]2cccc([N+](=O)[O-])c2)[c]2cccc([N+](=O)[O-])c2)c1.[Cl-].[Cl-]. The van der Waals surface area contributed by atoms with Crippen LogP contribution in [0.25, 0.3) is 0 Å². The Balaban J connectivity index is 0.00000225. The second-order valence-electron chi connectivity index (χ2n) is 5.67. The molecule has 0 aromatic heterocycles. The average molecular weight is 646 g/mol. The second kappa shape index (κ2) is 10.9. The quantitative estimate of drug-likeness (QED) is 0.152. The molecule has 3 aromatic rings. The van der Waals surface area contributed by atoms with E-state index in [9.17, 15) is 30.3 Å². The van der Waals surface area contributed by atoms with Crippen molar-refractivity contribution in [2.75, 3.05) is 0 Å². The van der Waals surface area contributed by atoms with Crippen LogP contribution in [0.15, 0.2) is 72.8 Å². The minimum Gasteiger partial charge on any atom is -1.00 e. The van der Waals surface area contributed by atoms with E-state index < -0.39 is 36.5 Å².